The Labute approximate surface area is 148 Å². The number of carbonyl (C=O) groups excluding carboxylic acids is 1. The van der Waals surface area contributed by atoms with Gasteiger partial charge in [0, 0.05) is 30.1 Å². The molecule has 25 heavy (non-hydrogen) atoms. The Morgan fingerprint density at radius 2 is 2.12 bits per heavy atom. The monoisotopic (exact) mass is 343 g/mol. The number of ether oxygens (including phenoxy) is 2. The molecule has 6 nitrogen and oxygen atoms in total. The number of nitrogens with zero attached hydrogens (tertiary/aromatic N) is 2. The normalized spacial score (nSPS) is 17.5. The topological polar surface area (TPSA) is 65.4 Å². The van der Waals surface area contributed by atoms with Gasteiger partial charge in [-0.05, 0) is 51.5 Å². The van der Waals surface area contributed by atoms with Crippen LogP contribution in [0.15, 0.2) is 36.7 Å². The molecular weight excluding hydrogens is 318 g/mol. The highest BCUT2D eigenvalue weighted by molar-refractivity contribution is 5.78. The van der Waals surface area contributed by atoms with Crippen LogP contribution >= 0.6 is 0 Å². The summed E-state index contributed by atoms with van der Waals surface area (Å²) in [5, 5.41) is 2.87. The van der Waals surface area contributed by atoms with Gasteiger partial charge in [-0.15, -0.1) is 0 Å². The molecule has 6 heteroatoms. The summed E-state index contributed by atoms with van der Waals surface area (Å²) in [5.41, 5.74) is 0.758. The number of nitrogens with one attached hydrogen (secondary N) is 1. The fraction of sp³-hybridized carbons (Fsp3) is 0.474. The van der Waals surface area contributed by atoms with Crippen LogP contribution in [0.3, 0.4) is 0 Å². The fourth-order valence-corrected chi connectivity index (χ4v) is 2.88. The average molecular weight is 343 g/mol. The molecule has 0 bridgehead atoms. The van der Waals surface area contributed by atoms with Crippen molar-refractivity contribution in [1.29, 1.82) is 0 Å². The van der Waals surface area contributed by atoms with Crippen LogP contribution in [0, 0.1) is 0 Å². The standard InChI is InChI=1S/C19H25N3O3/c1-19(2,3)21-17(23)13-25-16-6-4-14(5-7-16)18-20-9-10-22(18)15-8-11-24-12-15/h4-7,9-10,15H,8,11-13H2,1-3H3,(H,21,23). The lowest BCUT2D eigenvalue weighted by Gasteiger charge is -2.20. The maximum Gasteiger partial charge on any atom is 0.258 e. The van der Waals surface area contributed by atoms with E-state index in [4.69, 9.17) is 9.47 Å². The third-order valence-electron chi connectivity index (χ3n) is 3.96. The highest BCUT2D eigenvalue weighted by Gasteiger charge is 2.20. The van der Waals surface area contributed by atoms with Gasteiger partial charge in [0.2, 0.25) is 0 Å². The van der Waals surface area contributed by atoms with Gasteiger partial charge in [-0.3, -0.25) is 4.79 Å². The summed E-state index contributed by atoms with van der Waals surface area (Å²) in [6, 6.07) is 8.00. The van der Waals surface area contributed by atoms with Crippen LogP contribution in [0.1, 0.15) is 33.2 Å². The minimum atomic E-state index is -0.259. The molecule has 1 aliphatic rings. The fourth-order valence-electron chi connectivity index (χ4n) is 2.88. The summed E-state index contributed by atoms with van der Waals surface area (Å²) >= 11 is 0. The minimum Gasteiger partial charge on any atom is -0.484 e. The quantitative estimate of drug-likeness (QED) is 0.907. The van der Waals surface area contributed by atoms with E-state index in [1.165, 1.54) is 0 Å². The van der Waals surface area contributed by atoms with Gasteiger partial charge in [0.05, 0.1) is 12.6 Å². The largest absolute Gasteiger partial charge is 0.484 e. The molecule has 1 fully saturated rings. The molecule has 2 aromatic rings. The lowest BCUT2D eigenvalue weighted by atomic mass is 10.1. The number of rotatable bonds is 5. The summed E-state index contributed by atoms with van der Waals surface area (Å²) < 4.78 is 13.2. The molecule has 1 unspecified atom stereocenters. The SMILES string of the molecule is CC(C)(C)NC(=O)COc1ccc(-c2nccn2C2CCOC2)cc1. The van der Waals surface area contributed by atoms with Gasteiger partial charge in [0.25, 0.3) is 5.91 Å². The number of amides is 1. The first-order chi connectivity index (χ1) is 11.9. The zero-order chi connectivity index (χ0) is 17.9. The van der Waals surface area contributed by atoms with Crippen LogP contribution in [-0.2, 0) is 9.53 Å². The smallest absolute Gasteiger partial charge is 0.258 e. The first-order valence-corrected chi connectivity index (χ1v) is 8.57. The maximum atomic E-state index is 11.8. The molecule has 0 saturated carbocycles. The van der Waals surface area contributed by atoms with E-state index >= 15 is 0 Å². The first kappa shape index (κ1) is 17.5. The number of hydrogen-bond acceptors (Lipinski definition) is 4. The molecule has 0 radical (unpaired) electrons. The van der Waals surface area contributed by atoms with Gasteiger partial charge in [-0.2, -0.15) is 0 Å². The molecule has 1 saturated heterocycles. The van der Waals surface area contributed by atoms with Gasteiger partial charge >= 0.3 is 0 Å². The molecule has 1 N–H and O–H groups in total. The minimum absolute atomic E-state index is 0.00462. The Kier molecular flexibility index (Phi) is 5.08. The molecule has 134 valence electrons. The van der Waals surface area contributed by atoms with E-state index < -0.39 is 0 Å². The Bertz CT molecular complexity index is 710. The van der Waals surface area contributed by atoms with E-state index in [0.717, 1.165) is 31.0 Å². The first-order valence-electron chi connectivity index (χ1n) is 8.57. The van der Waals surface area contributed by atoms with Crippen LogP contribution in [0.2, 0.25) is 0 Å². The summed E-state index contributed by atoms with van der Waals surface area (Å²) in [4.78, 5) is 16.3. The maximum absolute atomic E-state index is 11.8. The predicted molar refractivity (Wildman–Crippen MR) is 95.5 cm³/mol. The van der Waals surface area contributed by atoms with Gasteiger partial charge in [0.1, 0.15) is 11.6 Å². The van der Waals surface area contributed by atoms with Crippen molar-refractivity contribution in [3.8, 4) is 17.1 Å². The Balaban J connectivity index is 1.63. The summed E-state index contributed by atoms with van der Waals surface area (Å²) in [6.45, 7) is 7.36. The van der Waals surface area contributed by atoms with Crippen molar-refractivity contribution in [1.82, 2.24) is 14.9 Å². The molecule has 1 amide bonds. The Morgan fingerprint density at radius 1 is 1.36 bits per heavy atom. The van der Waals surface area contributed by atoms with Crippen LogP contribution in [0.5, 0.6) is 5.75 Å². The molecule has 1 aromatic heterocycles. The predicted octanol–water partition coefficient (Wildman–Crippen LogP) is 2.81. The zero-order valence-electron chi connectivity index (χ0n) is 15.0. The Hall–Kier alpha value is -2.34. The zero-order valence-corrected chi connectivity index (χ0v) is 15.0. The van der Waals surface area contributed by atoms with Crippen LogP contribution in [-0.4, -0.2) is 40.8 Å². The number of hydrogen-bond donors (Lipinski definition) is 1. The highest BCUT2D eigenvalue weighted by Crippen LogP contribution is 2.27. The third-order valence-corrected chi connectivity index (χ3v) is 3.96. The summed E-state index contributed by atoms with van der Waals surface area (Å²) in [5.74, 6) is 1.45. The van der Waals surface area contributed by atoms with Crippen LogP contribution in [0.4, 0.5) is 0 Å². The van der Waals surface area contributed by atoms with E-state index in [1.54, 1.807) is 0 Å². The van der Waals surface area contributed by atoms with Crippen molar-refractivity contribution in [2.24, 2.45) is 0 Å². The summed E-state index contributed by atoms with van der Waals surface area (Å²) in [7, 11) is 0. The molecule has 3 rings (SSSR count). The van der Waals surface area contributed by atoms with Crippen LogP contribution in [0.25, 0.3) is 11.4 Å². The second-order valence-corrected chi connectivity index (χ2v) is 7.29. The van der Waals surface area contributed by atoms with E-state index in [2.05, 4.69) is 14.9 Å². The highest BCUT2D eigenvalue weighted by atomic mass is 16.5. The van der Waals surface area contributed by atoms with Crippen molar-refractivity contribution in [2.45, 2.75) is 38.8 Å². The van der Waals surface area contributed by atoms with E-state index in [-0.39, 0.29) is 18.1 Å². The number of aromatic nitrogens is 2. The second-order valence-electron chi connectivity index (χ2n) is 7.29. The third kappa shape index (κ3) is 4.60. The van der Waals surface area contributed by atoms with Crippen LogP contribution < -0.4 is 10.1 Å². The van der Waals surface area contributed by atoms with Gasteiger partial charge in [-0.25, -0.2) is 4.98 Å². The van der Waals surface area contributed by atoms with Gasteiger partial charge in [0.15, 0.2) is 6.61 Å². The van der Waals surface area contributed by atoms with Gasteiger partial charge in [-0.1, -0.05) is 0 Å². The average Bonchev–Trinajstić information content (AvgIpc) is 3.22. The molecule has 1 aliphatic heterocycles. The van der Waals surface area contributed by atoms with Crippen molar-refractivity contribution >= 4 is 5.91 Å². The molecule has 1 aromatic carbocycles. The van der Waals surface area contributed by atoms with Crippen molar-refractivity contribution in [2.75, 3.05) is 19.8 Å². The summed E-state index contributed by atoms with van der Waals surface area (Å²) in [6.07, 6.45) is 4.82. The Morgan fingerprint density at radius 3 is 2.76 bits per heavy atom. The van der Waals surface area contributed by atoms with Crippen molar-refractivity contribution in [3.63, 3.8) is 0 Å². The molecule has 2 heterocycles. The number of imidazole rings is 1. The van der Waals surface area contributed by atoms with E-state index in [9.17, 15) is 4.79 Å². The van der Waals surface area contributed by atoms with Gasteiger partial charge < -0.3 is 19.4 Å². The lowest BCUT2D eigenvalue weighted by Crippen LogP contribution is -2.43. The molecule has 0 aliphatic carbocycles. The second kappa shape index (κ2) is 7.27. The molecule has 0 spiro atoms. The lowest BCUT2D eigenvalue weighted by molar-refractivity contribution is -0.124. The molecule has 1 atom stereocenters. The number of carbonyl (C=O) groups is 1. The van der Waals surface area contributed by atoms with Crippen molar-refractivity contribution < 1.29 is 14.3 Å². The van der Waals surface area contributed by atoms with E-state index in [0.29, 0.717) is 11.8 Å². The van der Waals surface area contributed by atoms with Crippen molar-refractivity contribution in [3.05, 3.63) is 36.7 Å². The molecular formula is C19H25N3O3. The van der Waals surface area contributed by atoms with E-state index in [1.807, 2.05) is 57.4 Å². The number of benzene rings is 1.